The van der Waals surface area contributed by atoms with Gasteiger partial charge in [0.25, 0.3) is 5.56 Å². The van der Waals surface area contributed by atoms with Crippen LogP contribution >= 0.6 is 11.8 Å². The first kappa shape index (κ1) is 18.9. The smallest absolute Gasteiger partial charge is 0.330 e. The summed E-state index contributed by atoms with van der Waals surface area (Å²) in [6.07, 6.45) is -3.58. The van der Waals surface area contributed by atoms with Gasteiger partial charge in [0.05, 0.1) is 6.61 Å². The van der Waals surface area contributed by atoms with E-state index in [1.165, 1.54) is 18.0 Å². The van der Waals surface area contributed by atoms with Crippen molar-refractivity contribution in [1.82, 2.24) is 9.55 Å². The van der Waals surface area contributed by atoms with Crippen molar-refractivity contribution < 1.29 is 20.1 Å². The lowest BCUT2D eigenvalue weighted by Gasteiger charge is -2.18. The van der Waals surface area contributed by atoms with Gasteiger partial charge in [-0.25, -0.2) is 4.79 Å². The number of aromatic amines is 1. The van der Waals surface area contributed by atoms with Crippen LogP contribution in [-0.2, 0) is 10.5 Å². The molecule has 140 valence electrons. The maximum Gasteiger partial charge on any atom is 0.330 e. The largest absolute Gasteiger partial charge is 0.394 e. The molecule has 0 aliphatic carbocycles. The topological polar surface area (TPSA) is 125 Å². The zero-order chi connectivity index (χ0) is 18.8. The number of rotatable bonds is 5. The molecule has 4 atom stereocenters. The quantitative estimate of drug-likeness (QED) is 0.527. The van der Waals surface area contributed by atoms with Gasteiger partial charge in [0.2, 0.25) is 0 Å². The highest BCUT2D eigenvalue weighted by molar-refractivity contribution is 7.98. The van der Waals surface area contributed by atoms with Gasteiger partial charge < -0.3 is 20.1 Å². The number of aliphatic hydroxyl groups excluding tert-OH is 3. The molecule has 2 heterocycles. The molecule has 4 N–H and O–H groups in total. The number of thioether (sulfide) groups is 1. The molecule has 1 aliphatic heterocycles. The van der Waals surface area contributed by atoms with E-state index in [1.54, 1.807) is 0 Å². The van der Waals surface area contributed by atoms with Gasteiger partial charge in [-0.3, -0.25) is 14.3 Å². The molecule has 3 rings (SSSR count). The molecule has 1 saturated heterocycles. The molecule has 2 aromatic rings. The molecule has 0 unspecified atom stereocenters. The molecule has 1 aliphatic rings. The van der Waals surface area contributed by atoms with Gasteiger partial charge in [0.15, 0.2) is 6.23 Å². The zero-order valence-corrected chi connectivity index (χ0v) is 14.8. The zero-order valence-electron chi connectivity index (χ0n) is 14.0. The molecule has 1 fully saturated rings. The number of H-pyrrole nitrogens is 1. The third-order valence-electron chi connectivity index (χ3n) is 4.25. The van der Waals surface area contributed by atoms with Crippen LogP contribution in [0.3, 0.4) is 0 Å². The lowest BCUT2D eigenvalue weighted by molar-refractivity contribution is -0.0551. The molecule has 8 nitrogen and oxygen atoms in total. The molecule has 0 bridgehead atoms. The van der Waals surface area contributed by atoms with E-state index in [4.69, 9.17) is 4.74 Å². The number of benzene rings is 1. The van der Waals surface area contributed by atoms with E-state index >= 15 is 0 Å². The normalized spacial score (nSPS) is 25.5. The minimum Gasteiger partial charge on any atom is -0.394 e. The number of aromatic nitrogens is 2. The maximum atomic E-state index is 12.1. The fourth-order valence-electron chi connectivity index (χ4n) is 2.72. The molecule has 0 spiro atoms. The van der Waals surface area contributed by atoms with E-state index in [-0.39, 0.29) is 0 Å². The Morgan fingerprint density at radius 2 is 1.88 bits per heavy atom. The van der Waals surface area contributed by atoms with E-state index in [2.05, 4.69) is 4.98 Å². The summed E-state index contributed by atoms with van der Waals surface area (Å²) in [7, 11) is 0. The second-order valence-corrected chi connectivity index (χ2v) is 7.20. The van der Waals surface area contributed by atoms with Crippen LogP contribution in [0.25, 0.3) is 0 Å². The monoisotopic (exact) mass is 380 g/mol. The van der Waals surface area contributed by atoms with Crippen LogP contribution in [0, 0.1) is 6.92 Å². The average molecular weight is 380 g/mol. The Morgan fingerprint density at radius 3 is 2.50 bits per heavy atom. The second-order valence-electron chi connectivity index (χ2n) is 6.15. The Labute approximate surface area is 153 Å². The highest BCUT2D eigenvalue weighted by atomic mass is 32.2. The van der Waals surface area contributed by atoms with Crippen molar-refractivity contribution in [2.45, 2.75) is 42.1 Å². The molecule has 1 aromatic heterocycles. The van der Waals surface area contributed by atoms with Gasteiger partial charge in [-0.15, -0.1) is 11.8 Å². The SMILES string of the molecule is Cc1ccc(SCc2cn([C@H]3O[C@@H](CO)[C@@H](O)[C@@H]3O)c(=O)[nH]c2=O)cc1. The fourth-order valence-corrected chi connectivity index (χ4v) is 3.58. The summed E-state index contributed by atoms with van der Waals surface area (Å²) in [5.41, 5.74) is 0.185. The molecular formula is C17H20N2O6S. The number of nitrogens with one attached hydrogen (secondary N) is 1. The van der Waals surface area contributed by atoms with Crippen LogP contribution in [0.4, 0.5) is 0 Å². The summed E-state index contributed by atoms with van der Waals surface area (Å²) in [6, 6.07) is 7.81. The van der Waals surface area contributed by atoms with Gasteiger partial charge in [-0.2, -0.15) is 0 Å². The van der Waals surface area contributed by atoms with E-state index in [9.17, 15) is 24.9 Å². The first-order valence-electron chi connectivity index (χ1n) is 8.07. The van der Waals surface area contributed by atoms with Crippen LogP contribution in [0.2, 0.25) is 0 Å². The summed E-state index contributed by atoms with van der Waals surface area (Å²) < 4.78 is 6.39. The van der Waals surface area contributed by atoms with Crippen LogP contribution in [-0.4, -0.2) is 49.8 Å². The predicted molar refractivity (Wildman–Crippen MR) is 95.1 cm³/mol. The summed E-state index contributed by atoms with van der Waals surface area (Å²) in [6.45, 7) is 1.49. The molecule has 0 saturated carbocycles. The molecule has 0 radical (unpaired) electrons. The van der Waals surface area contributed by atoms with E-state index in [0.717, 1.165) is 15.0 Å². The van der Waals surface area contributed by atoms with Crippen LogP contribution in [0.15, 0.2) is 44.9 Å². The number of hydrogen-bond donors (Lipinski definition) is 4. The van der Waals surface area contributed by atoms with Gasteiger partial charge in [0, 0.05) is 22.4 Å². The predicted octanol–water partition coefficient (Wildman–Crippen LogP) is -0.251. The van der Waals surface area contributed by atoms with Crippen LogP contribution in [0.5, 0.6) is 0 Å². The first-order chi connectivity index (χ1) is 12.4. The molecule has 26 heavy (non-hydrogen) atoms. The van der Waals surface area contributed by atoms with Crippen LogP contribution in [0.1, 0.15) is 17.4 Å². The van der Waals surface area contributed by atoms with Crippen molar-refractivity contribution in [3.05, 3.63) is 62.4 Å². The van der Waals surface area contributed by atoms with Crippen molar-refractivity contribution in [3.8, 4) is 0 Å². The lowest BCUT2D eigenvalue weighted by atomic mass is 10.1. The van der Waals surface area contributed by atoms with E-state index in [0.29, 0.717) is 11.3 Å². The van der Waals surface area contributed by atoms with Crippen molar-refractivity contribution in [3.63, 3.8) is 0 Å². The number of nitrogens with zero attached hydrogens (tertiary/aromatic N) is 1. The van der Waals surface area contributed by atoms with Crippen molar-refractivity contribution in [2.75, 3.05) is 6.61 Å². The maximum absolute atomic E-state index is 12.1. The number of aliphatic hydroxyl groups is 3. The van der Waals surface area contributed by atoms with Crippen molar-refractivity contribution in [2.24, 2.45) is 0 Å². The molecule has 0 amide bonds. The number of ether oxygens (including phenoxy) is 1. The third-order valence-corrected chi connectivity index (χ3v) is 5.31. The third kappa shape index (κ3) is 3.76. The van der Waals surface area contributed by atoms with Gasteiger partial charge >= 0.3 is 5.69 Å². The van der Waals surface area contributed by atoms with Gasteiger partial charge in [0.1, 0.15) is 18.3 Å². The standard InChI is InChI=1S/C17H20N2O6S/c1-9-2-4-11(5-3-9)26-8-10-6-19(17(24)18-15(10)23)16-14(22)13(21)12(7-20)25-16/h2-6,12-14,16,20-22H,7-8H2,1H3,(H,18,23,24)/t12-,13+,14-,16-/m0/s1. The second kappa shape index (κ2) is 7.77. The molecule has 9 heteroatoms. The van der Waals surface area contributed by atoms with E-state index in [1.807, 2.05) is 31.2 Å². The van der Waals surface area contributed by atoms with Gasteiger partial charge in [-0.1, -0.05) is 17.7 Å². The number of aryl methyl sites for hydroxylation is 1. The van der Waals surface area contributed by atoms with Gasteiger partial charge in [-0.05, 0) is 19.1 Å². The Morgan fingerprint density at radius 1 is 1.19 bits per heavy atom. The molecular weight excluding hydrogens is 360 g/mol. The highest BCUT2D eigenvalue weighted by Gasteiger charge is 2.43. The van der Waals surface area contributed by atoms with E-state index < -0.39 is 42.4 Å². The summed E-state index contributed by atoms with van der Waals surface area (Å²) in [4.78, 5) is 27.4. The Bertz CT molecular complexity index is 878. The Balaban J connectivity index is 1.84. The van der Waals surface area contributed by atoms with Crippen molar-refractivity contribution in [1.29, 1.82) is 0 Å². The minimum atomic E-state index is -1.40. The van der Waals surface area contributed by atoms with Crippen LogP contribution < -0.4 is 11.2 Å². The summed E-state index contributed by atoms with van der Waals surface area (Å²) >= 11 is 1.43. The minimum absolute atomic E-state index is 0.313. The Kier molecular flexibility index (Phi) is 5.64. The van der Waals surface area contributed by atoms with Crippen molar-refractivity contribution >= 4 is 11.8 Å². The summed E-state index contributed by atoms with van der Waals surface area (Å²) in [5.74, 6) is 0.313. The average Bonchev–Trinajstić information content (AvgIpc) is 2.90. The highest BCUT2D eigenvalue weighted by Crippen LogP contribution is 2.28. The first-order valence-corrected chi connectivity index (χ1v) is 9.05. The Hall–Kier alpha value is -1.91. The molecule has 1 aromatic carbocycles. The summed E-state index contributed by atoms with van der Waals surface area (Å²) in [5, 5.41) is 29.1. The fraction of sp³-hybridized carbons (Fsp3) is 0.412. The number of hydrogen-bond acceptors (Lipinski definition) is 7. The lowest BCUT2D eigenvalue weighted by Crippen LogP contribution is -2.38.